The molecule has 3 heterocycles. The standard InChI is InChI=1S/C26H23N7O3S/c1-26(2,15-8-4-3-5-9-15)31-23(35)19-14-17-20(32-33-25(17)37-19)30-22(34)16-10-6-7-11-18(16)29-24(36)21-27-12-13-28-21/h3-14H,1-2H3,(H,27,28)(H,29,36)(H,31,35)(H2,30,32,33,34). The molecule has 0 aliphatic rings. The monoisotopic (exact) mass is 513 g/mol. The summed E-state index contributed by atoms with van der Waals surface area (Å²) in [5, 5.41) is 16.2. The molecule has 5 rings (SSSR count). The van der Waals surface area contributed by atoms with Crippen molar-refractivity contribution in [3.63, 3.8) is 0 Å². The Labute approximate surface area is 215 Å². The van der Waals surface area contributed by atoms with Gasteiger partial charge in [-0.15, -0.1) is 11.3 Å². The predicted molar refractivity (Wildman–Crippen MR) is 142 cm³/mol. The molecule has 0 saturated heterocycles. The Morgan fingerprint density at radius 2 is 1.68 bits per heavy atom. The molecule has 2 aromatic carbocycles. The number of benzene rings is 2. The number of fused-ring (bicyclic) bond motifs is 1. The zero-order chi connectivity index (χ0) is 26.0. The lowest BCUT2D eigenvalue weighted by Crippen LogP contribution is -2.40. The second-order valence-corrected chi connectivity index (χ2v) is 9.81. The van der Waals surface area contributed by atoms with E-state index in [2.05, 4.69) is 36.1 Å². The minimum Gasteiger partial charge on any atom is -0.342 e. The number of anilines is 2. The average molecular weight is 514 g/mol. The molecular formula is C26H23N7O3S. The minimum atomic E-state index is -0.574. The van der Waals surface area contributed by atoms with Gasteiger partial charge in [-0.1, -0.05) is 42.5 Å². The van der Waals surface area contributed by atoms with E-state index >= 15 is 0 Å². The maximum absolute atomic E-state index is 13.1. The van der Waals surface area contributed by atoms with Gasteiger partial charge in [0.25, 0.3) is 17.7 Å². The van der Waals surface area contributed by atoms with Crippen LogP contribution in [0.4, 0.5) is 11.5 Å². The van der Waals surface area contributed by atoms with Crippen LogP contribution in [0.3, 0.4) is 0 Å². The fourth-order valence-corrected chi connectivity index (χ4v) is 4.73. The number of aromatic amines is 2. The topological polar surface area (TPSA) is 145 Å². The molecule has 5 N–H and O–H groups in total. The molecule has 0 radical (unpaired) electrons. The van der Waals surface area contributed by atoms with E-state index in [9.17, 15) is 14.4 Å². The van der Waals surface area contributed by atoms with E-state index in [1.807, 2.05) is 44.2 Å². The number of H-pyrrole nitrogens is 2. The molecule has 186 valence electrons. The van der Waals surface area contributed by atoms with E-state index < -0.39 is 17.4 Å². The molecule has 10 nitrogen and oxygen atoms in total. The zero-order valence-corrected chi connectivity index (χ0v) is 20.8. The fraction of sp³-hybridized carbons (Fsp3) is 0.115. The number of carbonyl (C=O) groups excluding carboxylic acids is 3. The third-order valence-electron chi connectivity index (χ3n) is 5.77. The number of para-hydroxylation sites is 1. The number of carbonyl (C=O) groups is 3. The lowest BCUT2D eigenvalue weighted by atomic mass is 9.94. The van der Waals surface area contributed by atoms with Crippen molar-refractivity contribution >= 4 is 50.8 Å². The molecule has 0 spiro atoms. The van der Waals surface area contributed by atoms with E-state index in [4.69, 9.17) is 0 Å². The number of imidazole rings is 1. The summed E-state index contributed by atoms with van der Waals surface area (Å²) in [6.07, 6.45) is 3.00. The SMILES string of the molecule is CC(C)(NC(=O)c1cc2c(NC(=O)c3ccccc3NC(=O)c3ncc[nH]3)n[nH]c2s1)c1ccccc1. The van der Waals surface area contributed by atoms with Gasteiger partial charge >= 0.3 is 0 Å². The van der Waals surface area contributed by atoms with Gasteiger partial charge in [-0.05, 0) is 37.6 Å². The third-order valence-corrected chi connectivity index (χ3v) is 6.81. The Morgan fingerprint density at radius 1 is 0.919 bits per heavy atom. The highest BCUT2D eigenvalue weighted by molar-refractivity contribution is 7.20. The molecule has 0 bridgehead atoms. The molecule has 11 heteroatoms. The van der Waals surface area contributed by atoms with Crippen LogP contribution in [0, 0.1) is 0 Å². The highest BCUT2D eigenvalue weighted by atomic mass is 32.1. The van der Waals surface area contributed by atoms with Crippen molar-refractivity contribution < 1.29 is 14.4 Å². The number of nitrogens with one attached hydrogen (secondary N) is 5. The molecular weight excluding hydrogens is 490 g/mol. The van der Waals surface area contributed by atoms with Crippen LogP contribution < -0.4 is 16.0 Å². The first kappa shape index (κ1) is 23.9. The van der Waals surface area contributed by atoms with Gasteiger partial charge in [-0.3, -0.25) is 19.5 Å². The molecule has 0 atom stereocenters. The first-order chi connectivity index (χ1) is 17.8. The van der Waals surface area contributed by atoms with Crippen LogP contribution in [0.1, 0.15) is 50.1 Å². The predicted octanol–water partition coefficient (Wildman–Crippen LogP) is 4.52. The van der Waals surface area contributed by atoms with Gasteiger partial charge in [0.2, 0.25) is 0 Å². The first-order valence-corrected chi connectivity index (χ1v) is 12.2. The average Bonchev–Trinajstić information content (AvgIpc) is 3.64. The molecule has 3 aromatic heterocycles. The van der Waals surface area contributed by atoms with Crippen molar-refractivity contribution in [2.24, 2.45) is 0 Å². The van der Waals surface area contributed by atoms with Crippen molar-refractivity contribution in [3.05, 3.63) is 94.9 Å². The number of amides is 3. The van der Waals surface area contributed by atoms with Gasteiger partial charge < -0.3 is 20.9 Å². The Hall–Kier alpha value is -4.77. The summed E-state index contributed by atoms with van der Waals surface area (Å²) >= 11 is 1.25. The Morgan fingerprint density at radius 3 is 2.43 bits per heavy atom. The van der Waals surface area contributed by atoms with Crippen LogP contribution in [0.2, 0.25) is 0 Å². The van der Waals surface area contributed by atoms with E-state index in [1.54, 1.807) is 30.3 Å². The highest BCUT2D eigenvalue weighted by Gasteiger charge is 2.25. The normalized spacial score (nSPS) is 11.3. The molecule has 0 saturated carbocycles. The lowest BCUT2D eigenvalue weighted by molar-refractivity contribution is 0.0915. The number of aromatic nitrogens is 4. The summed E-state index contributed by atoms with van der Waals surface area (Å²) in [4.78, 5) is 46.3. The van der Waals surface area contributed by atoms with Crippen LogP contribution in [0.5, 0.6) is 0 Å². The first-order valence-electron chi connectivity index (χ1n) is 11.4. The molecule has 3 amide bonds. The molecule has 0 aliphatic heterocycles. The lowest BCUT2D eigenvalue weighted by Gasteiger charge is -2.26. The van der Waals surface area contributed by atoms with Crippen molar-refractivity contribution in [3.8, 4) is 0 Å². The summed E-state index contributed by atoms with van der Waals surface area (Å²) in [6.45, 7) is 3.88. The fourth-order valence-electron chi connectivity index (χ4n) is 3.83. The maximum Gasteiger partial charge on any atom is 0.291 e. The van der Waals surface area contributed by atoms with Gasteiger partial charge in [0.1, 0.15) is 4.83 Å². The van der Waals surface area contributed by atoms with E-state index in [1.165, 1.54) is 23.7 Å². The van der Waals surface area contributed by atoms with Gasteiger partial charge in [-0.25, -0.2) is 4.98 Å². The van der Waals surface area contributed by atoms with E-state index in [0.29, 0.717) is 20.8 Å². The number of thiophene rings is 1. The minimum absolute atomic E-state index is 0.128. The smallest absolute Gasteiger partial charge is 0.291 e. The highest BCUT2D eigenvalue weighted by Crippen LogP contribution is 2.31. The van der Waals surface area contributed by atoms with Crippen LogP contribution in [-0.4, -0.2) is 37.9 Å². The summed E-state index contributed by atoms with van der Waals surface area (Å²) < 4.78 is 0. The Kier molecular flexibility index (Phi) is 6.28. The molecule has 37 heavy (non-hydrogen) atoms. The number of hydrogen-bond acceptors (Lipinski definition) is 6. The van der Waals surface area contributed by atoms with E-state index in [0.717, 1.165) is 5.56 Å². The van der Waals surface area contributed by atoms with Gasteiger partial charge in [-0.2, -0.15) is 5.10 Å². The summed E-state index contributed by atoms with van der Waals surface area (Å²) in [5.74, 6) is -0.759. The van der Waals surface area contributed by atoms with Crippen molar-refractivity contribution in [1.29, 1.82) is 0 Å². The van der Waals surface area contributed by atoms with Crippen LogP contribution in [0.25, 0.3) is 10.2 Å². The van der Waals surface area contributed by atoms with Crippen LogP contribution in [0.15, 0.2) is 73.1 Å². The number of hydrogen-bond donors (Lipinski definition) is 5. The van der Waals surface area contributed by atoms with Gasteiger partial charge in [0, 0.05) is 12.4 Å². The molecule has 0 unspecified atom stereocenters. The second-order valence-electron chi connectivity index (χ2n) is 8.76. The van der Waals surface area contributed by atoms with E-state index in [-0.39, 0.29) is 23.1 Å². The van der Waals surface area contributed by atoms with Gasteiger partial charge in [0.15, 0.2) is 11.6 Å². The van der Waals surface area contributed by atoms with Crippen molar-refractivity contribution in [2.75, 3.05) is 10.6 Å². The van der Waals surface area contributed by atoms with Crippen molar-refractivity contribution in [2.45, 2.75) is 19.4 Å². The number of rotatable bonds is 7. The van der Waals surface area contributed by atoms with Crippen molar-refractivity contribution in [1.82, 2.24) is 25.5 Å². The third kappa shape index (κ3) is 4.98. The number of nitrogens with zero attached hydrogens (tertiary/aromatic N) is 2. The second kappa shape index (κ2) is 9.70. The molecule has 0 aliphatic carbocycles. The summed E-state index contributed by atoms with van der Waals surface area (Å²) in [6, 6.07) is 18.0. The molecule has 5 aromatic rings. The largest absolute Gasteiger partial charge is 0.342 e. The van der Waals surface area contributed by atoms with Crippen LogP contribution >= 0.6 is 11.3 Å². The zero-order valence-electron chi connectivity index (χ0n) is 20.0. The van der Waals surface area contributed by atoms with Crippen LogP contribution in [-0.2, 0) is 5.54 Å². The molecule has 0 fully saturated rings. The summed E-state index contributed by atoms with van der Waals surface area (Å²) in [7, 11) is 0. The maximum atomic E-state index is 13.1. The quantitative estimate of drug-likeness (QED) is 0.217. The van der Waals surface area contributed by atoms with Gasteiger partial charge in [0.05, 0.1) is 27.1 Å². The Balaban J connectivity index is 1.33. The summed E-state index contributed by atoms with van der Waals surface area (Å²) in [5.41, 5.74) is 0.978. The Bertz CT molecular complexity index is 1590.